The van der Waals surface area contributed by atoms with Crippen molar-refractivity contribution in [2.24, 2.45) is 0 Å². The molecule has 0 saturated heterocycles. The molecule has 0 unspecified atom stereocenters. The van der Waals surface area contributed by atoms with Crippen LogP contribution in [0.15, 0.2) is 18.2 Å². The van der Waals surface area contributed by atoms with Crippen molar-refractivity contribution < 1.29 is 13.5 Å². The van der Waals surface area contributed by atoms with Gasteiger partial charge in [0.25, 0.3) is 0 Å². The van der Waals surface area contributed by atoms with E-state index in [1.165, 1.54) is 11.4 Å². The van der Waals surface area contributed by atoms with E-state index in [1.807, 2.05) is 32.0 Å². The van der Waals surface area contributed by atoms with Crippen molar-refractivity contribution in [1.82, 2.24) is 0 Å². The van der Waals surface area contributed by atoms with Crippen molar-refractivity contribution in [1.29, 1.82) is 0 Å². The van der Waals surface area contributed by atoms with E-state index < -0.39 is 10.0 Å². The van der Waals surface area contributed by atoms with Gasteiger partial charge in [0.05, 0.1) is 18.0 Å². The van der Waals surface area contributed by atoms with Crippen LogP contribution in [-0.4, -0.2) is 32.9 Å². The zero-order valence-electron chi connectivity index (χ0n) is 9.77. The number of aliphatic hydroxyl groups excluding tert-OH is 1. The summed E-state index contributed by atoms with van der Waals surface area (Å²) in [5.41, 5.74) is 2.66. The van der Waals surface area contributed by atoms with Gasteiger partial charge in [-0.05, 0) is 37.1 Å². The first kappa shape index (κ1) is 13.0. The number of aliphatic hydroxyl groups is 1. The van der Waals surface area contributed by atoms with Crippen LogP contribution in [0.3, 0.4) is 0 Å². The largest absolute Gasteiger partial charge is 0.395 e. The standard InChI is InChI=1S/C11H17NO3S/c1-9-6-10(2)8-11(7-9)12(3)16(14,15)5-4-13/h6-8,13H,4-5H2,1-3H3. The highest BCUT2D eigenvalue weighted by molar-refractivity contribution is 7.92. The maximum Gasteiger partial charge on any atom is 0.237 e. The molecule has 0 atom stereocenters. The van der Waals surface area contributed by atoms with Gasteiger partial charge in [0, 0.05) is 7.05 Å². The van der Waals surface area contributed by atoms with Crippen molar-refractivity contribution in [2.45, 2.75) is 13.8 Å². The maximum atomic E-state index is 11.7. The number of hydrogen-bond acceptors (Lipinski definition) is 3. The van der Waals surface area contributed by atoms with Gasteiger partial charge in [0.1, 0.15) is 0 Å². The lowest BCUT2D eigenvalue weighted by Crippen LogP contribution is -2.30. The predicted molar refractivity (Wildman–Crippen MR) is 65.2 cm³/mol. The minimum atomic E-state index is -3.41. The zero-order valence-corrected chi connectivity index (χ0v) is 10.6. The molecular weight excluding hydrogens is 226 g/mol. The van der Waals surface area contributed by atoms with Crippen molar-refractivity contribution in [3.8, 4) is 0 Å². The Kier molecular flexibility index (Phi) is 3.93. The van der Waals surface area contributed by atoms with Gasteiger partial charge in [-0.2, -0.15) is 0 Å². The summed E-state index contributed by atoms with van der Waals surface area (Å²) in [6, 6.07) is 5.60. The molecule has 0 aliphatic heterocycles. The molecule has 90 valence electrons. The number of hydrogen-bond donors (Lipinski definition) is 1. The number of nitrogens with zero attached hydrogens (tertiary/aromatic N) is 1. The van der Waals surface area contributed by atoms with Crippen LogP contribution in [0.5, 0.6) is 0 Å². The number of benzene rings is 1. The fraction of sp³-hybridized carbons (Fsp3) is 0.455. The SMILES string of the molecule is Cc1cc(C)cc(N(C)S(=O)(=O)CCO)c1. The van der Waals surface area contributed by atoms with Crippen LogP contribution in [0.1, 0.15) is 11.1 Å². The molecule has 0 bridgehead atoms. The van der Waals surface area contributed by atoms with Gasteiger partial charge < -0.3 is 5.11 Å². The van der Waals surface area contributed by atoms with Crippen molar-refractivity contribution in [3.63, 3.8) is 0 Å². The predicted octanol–water partition coefficient (Wildman–Crippen LogP) is 1.06. The lowest BCUT2D eigenvalue weighted by Gasteiger charge is -2.19. The van der Waals surface area contributed by atoms with Gasteiger partial charge in [-0.3, -0.25) is 4.31 Å². The number of aryl methyl sites for hydroxylation is 2. The second-order valence-corrected chi connectivity index (χ2v) is 5.97. The molecule has 0 spiro atoms. The van der Waals surface area contributed by atoms with E-state index in [2.05, 4.69) is 0 Å². The van der Waals surface area contributed by atoms with Crippen LogP contribution >= 0.6 is 0 Å². The molecule has 0 aliphatic rings. The Labute approximate surface area is 96.6 Å². The summed E-state index contributed by atoms with van der Waals surface area (Å²) in [5.74, 6) is -0.253. The smallest absolute Gasteiger partial charge is 0.237 e. The molecular formula is C11H17NO3S. The maximum absolute atomic E-state index is 11.7. The van der Waals surface area contributed by atoms with Crippen molar-refractivity contribution in [3.05, 3.63) is 29.3 Å². The highest BCUT2D eigenvalue weighted by Gasteiger charge is 2.17. The molecule has 0 aromatic heterocycles. The summed E-state index contributed by atoms with van der Waals surface area (Å²) in [4.78, 5) is 0. The molecule has 0 heterocycles. The molecule has 4 nitrogen and oxygen atoms in total. The molecule has 0 fully saturated rings. The summed E-state index contributed by atoms with van der Waals surface area (Å²) in [5, 5.41) is 8.70. The first-order valence-electron chi connectivity index (χ1n) is 5.02. The van der Waals surface area contributed by atoms with Gasteiger partial charge in [0.2, 0.25) is 10.0 Å². The molecule has 16 heavy (non-hydrogen) atoms. The van der Waals surface area contributed by atoms with E-state index in [0.717, 1.165) is 11.1 Å². The Morgan fingerprint density at radius 3 is 2.12 bits per heavy atom. The quantitative estimate of drug-likeness (QED) is 0.860. The minimum Gasteiger partial charge on any atom is -0.395 e. The summed E-state index contributed by atoms with van der Waals surface area (Å²) in [6.45, 7) is 3.48. The minimum absolute atomic E-state index is 0.253. The van der Waals surface area contributed by atoms with Gasteiger partial charge in [-0.1, -0.05) is 6.07 Å². The van der Waals surface area contributed by atoms with E-state index in [1.54, 1.807) is 0 Å². The monoisotopic (exact) mass is 243 g/mol. The van der Waals surface area contributed by atoms with Crippen LogP contribution in [0, 0.1) is 13.8 Å². The normalized spacial score (nSPS) is 11.5. The van der Waals surface area contributed by atoms with Gasteiger partial charge in [-0.15, -0.1) is 0 Å². The number of rotatable bonds is 4. The lowest BCUT2D eigenvalue weighted by molar-refractivity contribution is 0.319. The average Bonchev–Trinajstić information content (AvgIpc) is 2.14. The molecule has 1 rings (SSSR count). The van der Waals surface area contributed by atoms with Crippen LogP contribution in [0.2, 0.25) is 0 Å². The highest BCUT2D eigenvalue weighted by atomic mass is 32.2. The van der Waals surface area contributed by atoms with Crippen LogP contribution in [0.25, 0.3) is 0 Å². The Morgan fingerprint density at radius 1 is 1.19 bits per heavy atom. The zero-order chi connectivity index (χ0) is 12.3. The van der Waals surface area contributed by atoms with Crippen molar-refractivity contribution >= 4 is 15.7 Å². The summed E-state index contributed by atoms with van der Waals surface area (Å²) >= 11 is 0. The fourth-order valence-electron chi connectivity index (χ4n) is 1.55. The first-order valence-corrected chi connectivity index (χ1v) is 6.63. The molecule has 0 saturated carbocycles. The van der Waals surface area contributed by atoms with Crippen LogP contribution in [0.4, 0.5) is 5.69 Å². The molecule has 0 radical (unpaired) electrons. The third-order valence-corrected chi connectivity index (χ3v) is 4.08. The van der Waals surface area contributed by atoms with Gasteiger partial charge in [-0.25, -0.2) is 8.42 Å². The van der Waals surface area contributed by atoms with E-state index in [-0.39, 0.29) is 12.4 Å². The third kappa shape index (κ3) is 2.96. The van der Waals surface area contributed by atoms with E-state index in [0.29, 0.717) is 5.69 Å². The Hall–Kier alpha value is -1.07. The van der Waals surface area contributed by atoms with Crippen LogP contribution < -0.4 is 4.31 Å². The van der Waals surface area contributed by atoms with Gasteiger partial charge in [0.15, 0.2) is 0 Å². The summed E-state index contributed by atoms with van der Waals surface area (Å²) in [6.07, 6.45) is 0. The molecule has 0 amide bonds. The van der Waals surface area contributed by atoms with Crippen LogP contribution in [-0.2, 0) is 10.0 Å². The van der Waals surface area contributed by atoms with E-state index in [9.17, 15) is 8.42 Å². The van der Waals surface area contributed by atoms with Crippen molar-refractivity contribution in [2.75, 3.05) is 23.7 Å². The number of sulfonamides is 1. The topological polar surface area (TPSA) is 57.6 Å². The second kappa shape index (κ2) is 4.84. The van der Waals surface area contributed by atoms with E-state index >= 15 is 0 Å². The summed E-state index contributed by atoms with van der Waals surface area (Å²) < 4.78 is 24.7. The molecule has 1 aromatic rings. The lowest BCUT2D eigenvalue weighted by atomic mass is 10.1. The molecule has 5 heteroatoms. The molecule has 1 N–H and O–H groups in total. The molecule has 0 aliphatic carbocycles. The Bertz CT molecular complexity index is 448. The number of anilines is 1. The second-order valence-electron chi connectivity index (χ2n) is 3.85. The third-order valence-electron chi connectivity index (χ3n) is 2.34. The average molecular weight is 243 g/mol. The Balaban J connectivity index is 3.09. The highest BCUT2D eigenvalue weighted by Crippen LogP contribution is 2.20. The van der Waals surface area contributed by atoms with Gasteiger partial charge >= 0.3 is 0 Å². The summed E-state index contributed by atoms with van der Waals surface area (Å²) in [7, 11) is -1.91. The molecule has 1 aromatic carbocycles. The Morgan fingerprint density at radius 2 is 1.69 bits per heavy atom. The van der Waals surface area contributed by atoms with E-state index in [4.69, 9.17) is 5.11 Å². The first-order chi connectivity index (χ1) is 7.36. The fourth-order valence-corrected chi connectivity index (χ4v) is 2.48.